The predicted molar refractivity (Wildman–Crippen MR) is 115 cm³/mol. The van der Waals surface area contributed by atoms with Crippen LogP contribution in [0.4, 0.5) is 5.00 Å². The predicted octanol–water partition coefficient (Wildman–Crippen LogP) is 5.61. The van der Waals surface area contributed by atoms with Crippen molar-refractivity contribution in [3.8, 4) is 5.75 Å². The SMILES string of the molecule is CCCOc1ccc(Br)cc1C(=O)Nc1sc2c(c1C(=O)OCC)CCCC2. The number of carbonyl (C=O) groups excluding carboxylic acids is 2. The smallest absolute Gasteiger partial charge is 0.341 e. The minimum absolute atomic E-state index is 0.295. The summed E-state index contributed by atoms with van der Waals surface area (Å²) >= 11 is 4.90. The number of benzene rings is 1. The molecule has 0 saturated carbocycles. The minimum Gasteiger partial charge on any atom is -0.493 e. The fourth-order valence-corrected chi connectivity index (χ4v) is 4.89. The number of aryl methyl sites for hydroxylation is 1. The lowest BCUT2D eigenvalue weighted by atomic mass is 9.95. The van der Waals surface area contributed by atoms with Crippen LogP contribution in [0.15, 0.2) is 22.7 Å². The number of esters is 1. The molecular weight excluding hydrogens is 442 g/mol. The molecule has 0 saturated heterocycles. The number of thiophene rings is 1. The number of hydrogen-bond acceptors (Lipinski definition) is 5. The summed E-state index contributed by atoms with van der Waals surface area (Å²) in [5.74, 6) is -0.132. The zero-order valence-electron chi connectivity index (χ0n) is 16.1. The molecule has 1 aliphatic carbocycles. The number of hydrogen-bond donors (Lipinski definition) is 1. The molecule has 0 bridgehead atoms. The van der Waals surface area contributed by atoms with E-state index >= 15 is 0 Å². The number of anilines is 1. The van der Waals surface area contributed by atoms with Crippen LogP contribution < -0.4 is 10.1 Å². The summed E-state index contributed by atoms with van der Waals surface area (Å²) in [7, 11) is 0. The first-order valence-electron chi connectivity index (χ1n) is 9.60. The van der Waals surface area contributed by atoms with Gasteiger partial charge in [-0.1, -0.05) is 22.9 Å². The van der Waals surface area contributed by atoms with Crippen molar-refractivity contribution in [2.75, 3.05) is 18.5 Å². The summed E-state index contributed by atoms with van der Waals surface area (Å²) in [5.41, 5.74) is 1.98. The molecule has 1 aliphatic rings. The quantitative estimate of drug-likeness (QED) is 0.539. The molecule has 1 aromatic carbocycles. The third kappa shape index (κ3) is 4.58. The van der Waals surface area contributed by atoms with Crippen molar-refractivity contribution in [1.29, 1.82) is 0 Å². The van der Waals surface area contributed by atoms with E-state index in [0.717, 1.165) is 42.1 Å². The van der Waals surface area contributed by atoms with Crippen molar-refractivity contribution >= 4 is 44.1 Å². The Hall–Kier alpha value is -1.86. The Morgan fingerprint density at radius 1 is 1.21 bits per heavy atom. The fraction of sp³-hybridized carbons (Fsp3) is 0.429. The van der Waals surface area contributed by atoms with Crippen molar-refractivity contribution in [1.82, 2.24) is 0 Å². The first-order chi connectivity index (χ1) is 13.5. The molecule has 7 heteroatoms. The minimum atomic E-state index is -0.367. The molecule has 2 aromatic rings. The second kappa shape index (κ2) is 9.56. The van der Waals surface area contributed by atoms with Crippen LogP contribution in [0.25, 0.3) is 0 Å². The molecule has 0 spiro atoms. The van der Waals surface area contributed by atoms with Crippen molar-refractivity contribution in [3.63, 3.8) is 0 Å². The van der Waals surface area contributed by atoms with Crippen molar-refractivity contribution in [2.24, 2.45) is 0 Å². The van der Waals surface area contributed by atoms with Crippen LogP contribution in [0.5, 0.6) is 5.75 Å². The summed E-state index contributed by atoms with van der Waals surface area (Å²) in [6, 6.07) is 5.36. The number of rotatable bonds is 7. The van der Waals surface area contributed by atoms with Gasteiger partial charge in [-0.2, -0.15) is 0 Å². The van der Waals surface area contributed by atoms with E-state index in [9.17, 15) is 9.59 Å². The maximum absolute atomic E-state index is 13.0. The lowest BCUT2D eigenvalue weighted by Gasteiger charge is -2.13. The largest absolute Gasteiger partial charge is 0.493 e. The lowest BCUT2D eigenvalue weighted by Crippen LogP contribution is -2.17. The number of fused-ring (bicyclic) bond motifs is 1. The van der Waals surface area contributed by atoms with Gasteiger partial charge in [0.2, 0.25) is 0 Å². The van der Waals surface area contributed by atoms with Crippen LogP contribution in [-0.2, 0) is 17.6 Å². The summed E-state index contributed by atoms with van der Waals surface area (Å²) in [4.78, 5) is 26.8. The number of carbonyl (C=O) groups is 2. The Morgan fingerprint density at radius 2 is 2.00 bits per heavy atom. The molecule has 1 aromatic heterocycles. The molecule has 1 heterocycles. The monoisotopic (exact) mass is 465 g/mol. The van der Waals surface area contributed by atoms with Gasteiger partial charge in [0.15, 0.2) is 0 Å². The van der Waals surface area contributed by atoms with Crippen LogP contribution in [0, 0.1) is 0 Å². The van der Waals surface area contributed by atoms with Gasteiger partial charge in [0.1, 0.15) is 10.8 Å². The van der Waals surface area contributed by atoms with E-state index in [2.05, 4.69) is 21.2 Å². The Labute approximate surface area is 177 Å². The molecule has 0 radical (unpaired) electrons. The highest BCUT2D eigenvalue weighted by Gasteiger charge is 2.28. The van der Waals surface area contributed by atoms with Crippen molar-refractivity contribution in [2.45, 2.75) is 46.0 Å². The first kappa shape index (κ1) is 20.9. The van der Waals surface area contributed by atoms with Crippen molar-refractivity contribution in [3.05, 3.63) is 44.2 Å². The highest BCUT2D eigenvalue weighted by Crippen LogP contribution is 2.39. The van der Waals surface area contributed by atoms with Gasteiger partial charge >= 0.3 is 5.97 Å². The Balaban J connectivity index is 1.93. The van der Waals surface area contributed by atoms with Crippen molar-refractivity contribution < 1.29 is 19.1 Å². The standard InChI is InChI=1S/C21H24BrNO4S/c1-3-11-27-16-10-9-13(22)12-15(16)19(24)23-20-18(21(25)26-4-2)14-7-5-6-8-17(14)28-20/h9-10,12H,3-8,11H2,1-2H3,(H,23,24). The molecule has 150 valence electrons. The molecule has 0 atom stereocenters. The summed E-state index contributed by atoms with van der Waals surface area (Å²) < 4.78 is 11.8. The van der Waals surface area contributed by atoms with Crippen LogP contribution in [0.3, 0.4) is 0 Å². The van der Waals surface area contributed by atoms with Gasteiger partial charge in [-0.15, -0.1) is 11.3 Å². The summed E-state index contributed by atoms with van der Waals surface area (Å²) in [5, 5.41) is 3.51. The Morgan fingerprint density at radius 3 is 2.75 bits per heavy atom. The van der Waals surface area contributed by atoms with Crippen LogP contribution in [-0.4, -0.2) is 25.1 Å². The first-order valence-corrected chi connectivity index (χ1v) is 11.2. The van der Waals surface area contributed by atoms with Gasteiger partial charge in [-0.3, -0.25) is 4.79 Å². The zero-order valence-corrected chi connectivity index (χ0v) is 18.5. The van der Waals surface area contributed by atoms with Gasteiger partial charge in [0.05, 0.1) is 24.3 Å². The zero-order chi connectivity index (χ0) is 20.1. The average Bonchev–Trinajstić information content (AvgIpc) is 3.05. The number of amides is 1. The molecule has 0 aliphatic heterocycles. The average molecular weight is 466 g/mol. The summed E-state index contributed by atoms with van der Waals surface area (Å²) in [6.07, 6.45) is 4.78. The maximum atomic E-state index is 13.0. The highest BCUT2D eigenvalue weighted by molar-refractivity contribution is 9.10. The van der Waals surface area contributed by atoms with E-state index < -0.39 is 0 Å². The van der Waals surface area contributed by atoms with E-state index in [-0.39, 0.29) is 11.9 Å². The Kier molecular flexibility index (Phi) is 7.13. The van der Waals surface area contributed by atoms with E-state index in [1.807, 2.05) is 13.0 Å². The van der Waals surface area contributed by atoms with E-state index in [4.69, 9.17) is 9.47 Å². The van der Waals surface area contributed by atoms with Crippen LogP contribution >= 0.6 is 27.3 Å². The highest BCUT2D eigenvalue weighted by atomic mass is 79.9. The van der Waals surface area contributed by atoms with Gasteiger partial charge in [-0.25, -0.2) is 4.79 Å². The van der Waals surface area contributed by atoms with E-state index in [0.29, 0.717) is 35.1 Å². The number of nitrogens with one attached hydrogen (secondary N) is 1. The number of ether oxygens (including phenoxy) is 2. The topological polar surface area (TPSA) is 64.6 Å². The molecule has 28 heavy (non-hydrogen) atoms. The van der Waals surface area contributed by atoms with Gasteiger partial charge in [-0.05, 0) is 62.8 Å². The number of halogens is 1. The van der Waals surface area contributed by atoms with E-state index in [1.54, 1.807) is 19.1 Å². The third-order valence-electron chi connectivity index (χ3n) is 4.53. The Bertz CT molecular complexity index is 878. The van der Waals surface area contributed by atoms with Crippen LogP contribution in [0.2, 0.25) is 0 Å². The third-order valence-corrected chi connectivity index (χ3v) is 6.23. The molecule has 0 fully saturated rings. The molecular formula is C21H24BrNO4S. The second-order valence-corrected chi connectivity index (χ2v) is 8.60. The molecule has 1 amide bonds. The van der Waals surface area contributed by atoms with E-state index in [1.165, 1.54) is 16.2 Å². The molecule has 3 rings (SSSR count). The maximum Gasteiger partial charge on any atom is 0.341 e. The molecule has 1 N–H and O–H groups in total. The molecule has 5 nitrogen and oxygen atoms in total. The lowest BCUT2D eigenvalue weighted by molar-refractivity contribution is 0.0526. The van der Waals surface area contributed by atoms with Gasteiger partial charge in [0.25, 0.3) is 5.91 Å². The van der Waals surface area contributed by atoms with Gasteiger partial charge < -0.3 is 14.8 Å². The fourth-order valence-electron chi connectivity index (χ4n) is 3.26. The second-order valence-electron chi connectivity index (χ2n) is 6.58. The van der Waals surface area contributed by atoms with Gasteiger partial charge in [0, 0.05) is 9.35 Å². The summed E-state index contributed by atoms with van der Waals surface area (Å²) in [6.45, 7) is 4.63. The normalized spacial score (nSPS) is 13.0. The molecule has 0 unspecified atom stereocenters. The van der Waals surface area contributed by atoms with Crippen LogP contribution in [0.1, 0.15) is 64.3 Å².